The molecule has 3 rings (SSSR count). The Hall–Kier alpha value is -2.13. The summed E-state index contributed by atoms with van der Waals surface area (Å²) in [7, 11) is -3.89. The van der Waals surface area contributed by atoms with Crippen LogP contribution in [0.3, 0.4) is 0 Å². The summed E-state index contributed by atoms with van der Waals surface area (Å²) in [4.78, 5) is 23.1. The molecule has 8 nitrogen and oxygen atoms in total. The molecule has 2 aliphatic heterocycles. The summed E-state index contributed by atoms with van der Waals surface area (Å²) >= 11 is 0. The lowest BCUT2D eigenvalue weighted by Gasteiger charge is -2.24. The summed E-state index contributed by atoms with van der Waals surface area (Å²) in [6.45, 7) is 1.92. The quantitative estimate of drug-likeness (QED) is 0.706. The molecular formula is C16H19NO7S. The molecule has 0 bridgehead atoms. The van der Waals surface area contributed by atoms with Crippen molar-refractivity contribution in [3.63, 3.8) is 0 Å². The van der Waals surface area contributed by atoms with Gasteiger partial charge in [-0.15, -0.1) is 0 Å². The highest BCUT2D eigenvalue weighted by atomic mass is 32.2. The van der Waals surface area contributed by atoms with E-state index in [9.17, 15) is 18.0 Å². The Kier molecular flexibility index (Phi) is 4.96. The first kappa shape index (κ1) is 17.7. The predicted molar refractivity (Wildman–Crippen MR) is 86.0 cm³/mol. The maximum atomic E-state index is 12.9. The van der Waals surface area contributed by atoms with Crippen LogP contribution < -0.4 is 9.47 Å². The SMILES string of the molecule is CC(=O)COC(=O)[C@H]1CCCN1S(=O)(=O)c1ccc2c(c1)OCCO2. The summed E-state index contributed by atoms with van der Waals surface area (Å²) in [5.74, 6) is -0.146. The van der Waals surface area contributed by atoms with Gasteiger partial charge in [-0.05, 0) is 31.9 Å². The number of sulfonamides is 1. The Bertz CT molecular complexity index is 790. The van der Waals surface area contributed by atoms with E-state index in [-0.39, 0.29) is 23.8 Å². The van der Waals surface area contributed by atoms with Gasteiger partial charge in [-0.25, -0.2) is 8.42 Å². The smallest absolute Gasteiger partial charge is 0.324 e. The molecular weight excluding hydrogens is 350 g/mol. The van der Waals surface area contributed by atoms with E-state index >= 15 is 0 Å². The number of carbonyl (C=O) groups is 2. The summed E-state index contributed by atoms with van der Waals surface area (Å²) in [5, 5.41) is 0. The Morgan fingerprint density at radius 1 is 1.24 bits per heavy atom. The zero-order valence-electron chi connectivity index (χ0n) is 13.8. The van der Waals surface area contributed by atoms with Gasteiger partial charge in [0, 0.05) is 12.6 Å². The monoisotopic (exact) mass is 369 g/mol. The highest BCUT2D eigenvalue weighted by molar-refractivity contribution is 7.89. The van der Waals surface area contributed by atoms with Gasteiger partial charge in [0.1, 0.15) is 25.9 Å². The molecule has 1 fully saturated rings. The molecule has 25 heavy (non-hydrogen) atoms. The minimum Gasteiger partial charge on any atom is -0.486 e. The number of hydrogen-bond donors (Lipinski definition) is 0. The molecule has 0 radical (unpaired) electrons. The van der Waals surface area contributed by atoms with Crippen LogP contribution in [0, 0.1) is 0 Å². The van der Waals surface area contributed by atoms with Crippen LogP contribution >= 0.6 is 0 Å². The van der Waals surface area contributed by atoms with Gasteiger partial charge in [-0.3, -0.25) is 9.59 Å². The fourth-order valence-corrected chi connectivity index (χ4v) is 4.51. The van der Waals surface area contributed by atoms with Crippen molar-refractivity contribution in [1.82, 2.24) is 4.31 Å². The second-order valence-electron chi connectivity index (χ2n) is 5.89. The second-order valence-corrected chi connectivity index (χ2v) is 7.78. The lowest BCUT2D eigenvalue weighted by atomic mass is 10.2. The van der Waals surface area contributed by atoms with Gasteiger partial charge in [0.25, 0.3) is 0 Å². The summed E-state index contributed by atoms with van der Waals surface area (Å²) in [5.41, 5.74) is 0. The van der Waals surface area contributed by atoms with E-state index in [4.69, 9.17) is 14.2 Å². The molecule has 0 saturated carbocycles. The topological polar surface area (TPSA) is 99.2 Å². The third-order valence-electron chi connectivity index (χ3n) is 4.01. The third kappa shape index (κ3) is 3.62. The van der Waals surface area contributed by atoms with Gasteiger partial charge in [0.2, 0.25) is 10.0 Å². The molecule has 1 atom stereocenters. The van der Waals surface area contributed by atoms with Crippen molar-refractivity contribution >= 4 is 21.8 Å². The lowest BCUT2D eigenvalue weighted by Crippen LogP contribution is -2.41. The van der Waals surface area contributed by atoms with Crippen molar-refractivity contribution in [3.8, 4) is 11.5 Å². The number of carbonyl (C=O) groups excluding carboxylic acids is 2. The molecule has 136 valence electrons. The van der Waals surface area contributed by atoms with Crippen LogP contribution in [-0.4, -0.2) is 56.9 Å². The Morgan fingerprint density at radius 3 is 2.68 bits per heavy atom. The van der Waals surface area contributed by atoms with Crippen molar-refractivity contribution in [2.75, 3.05) is 26.4 Å². The number of fused-ring (bicyclic) bond motifs is 1. The van der Waals surface area contributed by atoms with Crippen molar-refractivity contribution in [3.05, 3.63) is 18.2 Å². The molecule has 0 unspecified atom stereocenters. The van der Waals surface area contributed by atoms with E-state index in [2.05, 4.69) is 0 Å². The summed E-state index contributed by atoms with van der Waals surface area (Å²) in [6.07, 6.45) is 0.907. The molecule has 1 aromatic rings. The van der Waals surface area contributed by atoms with Crippen LogP contribution in [0.2, 0.25) is 0 Å². The normalized spacial score (nSPS) is 20.3. The molecule has 2 aliphatic rings. The first-order valence-electron chi connectivity index (χ1n) is 7.97. The van der Waals surface area contributed by atoms with Crippen molar-refractivity contribution in [2.45, 2.75) is 30.7 Å². The van der Waals surface area contributed by atoms with Crippen LogP contribution in [0.5, 0.6) is 11.5 Å². The maximum absolute atomic E-state index is 12.9. The minimum absolute atomic E-state index is 0.0306. The van der Waals surface area contributed by atoms with Crippen molar-refractivity contribution < 1.29 is 32.2 Å². The van der Waals surface area contributed by atoms with E-state index in [0.29, 0.717) is 37.6 Å². The van der Waals surface area contributed by atoms with Gasteiger partial charge in [-0.2, -0.15) is 4.31 Å². The standard InChI is InChI=1S/C16H19NO7S/c1-11(18)10-24-16(19)13-3-2-6-17(13)25(20,21)12-4-5-14-15(9-12)23-8-7-22-14/h4-5,9,13H,2-3,6-8,10H2,1H3/t13-/m1/s1. The zero-order chi connectivity index (χ0) is 18.0. The maximum Gasteiger partial charge on any atom is 0.324 e. The van der Waals surface area contributed by atoms with Gasteiger partial charge >= 0.3 is 5.97 Å². The molecule has 0 N–H and O–H groups in total. The number of ketones is 1. The summed E-state index contributed by atoms with van der Waals surface area (Å²) in [6, 6.07) is 3.46. The second kappa shape index (κ2) is 7.01. The number of ether oxygens (including phenoxy) is 3. The largest absolute Gasteiger partial charge is 0.486 e. The number of hydrogen-bond acceptors (Lipinski definition) is 7. The van der Waals surface area contributed by atoms with Crippen molar-refractivity contribution in [1.29, 1.82) is 0 Å². The Labute approximate surface area is 145 Å². The van der Waals surface area contributed by atoms with E-state index in [1.54, 1.807) is 6.07 Å². The molecule has 2 heterocycles. The average molecular weight is 369 g/mol. The van der Waals surface area contributed by atoms with E-state index < -0.39 is 22.0 Å². The van der Waals surface area contributed by atoms with Gasteiger partial charge < -0.3 is 14.2 Å². The fourth-order valence-electron chi connectivity index (χ4n) is 2.85. The van der Waals surface area contributed by atoms with E-state index in [1.165, 1.54) is 19.1 Å². The molecule has 1 saturated heterocycles. The highest BCUT2D eigenvalue weighted by Crippen LogP contribution is 2.34. The van der Waals surface area contributed by atoms with Gasteiger partial charge in [0.05, 0.1) is 4.90 Å². The van der Waals surface area contributed by atoms with Crippen LogP contribution in [-0.2, 0) is 24.3 Å². The first-order chi connectivity index (χ1) is 11.9. The predicted octanol–water partition coefficient (Wildman–Crippen LogP) is 0.743. The Morgan fingerprint density at radius 2 is 1.96 bits per heavy atom. The number of esters is 1. The number of benzene rings is 1. The van der Waals surface area contributed by atoms with Crippen LogP contribution in [0.4, 0.5) is 0 Å². The minimum atomic E-state index is -3.89. The molecule has 0 spiro atoms. The van der Waals surface area contributed by atoms with Crippen LogP contribution in [0.1, 0.15) is 19.8 Å². The van der Waals surface area contributed by atoms with Gasteiger partial charge in [0.15, 0.2) is 17.3 Å². The number of nitrogens with zero attached hydrogens (tertiary/aromatic N) is 1. The average Bonchev–Trinajstić information content (AvgIpc) is 3.10. The molecule has 9 heteroatoms. The fraction of sp³-hybridized carbons (Fsp3) is 0.500. The Balaban J connectivity index is 1.83. The van der Waals surface area contributed by atoms with Gasteiger partial charge in [-0.1, -0.05) is 0 Å². The molecule has 0 aliphatic carbocycles. The molecule has 0 amide bonds. The molecule has 1 aromatic carbocycles. The third-order valence-corrected chi connectivity index (χ3v) is 5.92. The van der Waals surface area contributed by atoms with Crippen molar-refractivity contribution in [2.24, 2.45) is 0 Å². The van der Waals surface area contributed by atoms with Crippen LogP contribution in [0.25, 0.3) is 0 Å². The van der Waals surface area contributed by atoms with E-state index in [0.717, 1.165) is 4.31 Å². The number of Topliss-reactive ketones (excluding diaryl/α,β-unsaturated/α-hetero) is 1. The first-order valence-corrected chi connectivity index (χ1v) is 9.41. The lowest BCUT2D eigenvalue weighted by molar-refractivity contribution is -0.150. The van der Waals surface area contributed by atoms with E-state index in [1.807, 2.05) is 0 Å². The van der Waals surface area contributed by atoms with Crippen LogP contribution in [0.15, 0.2) is 23.1 Å². The zero-order valence-corrected chi connectivity index (χ0v) is 14.6. The number of rotatable bonds is 5. The highest BCUT2D eigenvalue weighted by Gasteiger charge is 2.40. The molecule has 0 aromatic heterocycles. The summed E-state index contributed by atoms with van der Waals surface area (Å²) < 4.78 is 42.7.